The molecule has 0 radical (unpaired) electrons. The fourth-order valence-corrected chi connectivity index (χ4v) is 8.81. The Hall–Kier alpha value is -6.18. The van der Waals surface area contributed by atoms with Crippen molar-refractivity contribution in [1.29, 1.82) is 0 Å². The second kappa shape index (κ2) is 11.5. The molecular formula is C49H35N. The molecule has 10 rings (SSSR count). The molecule has 2 aliphatic carbocycles. The summed E-state index contributed by atoms with van der Waals surface area (Å²) in [6.45, 7) is 0. The summed E-state index contributed by atoms with van der Waals surface area (Å²) < 4.78 is 2.51. The van der Waals surface area contributed by atoms with Crippen molar-refractivity contribution in [3.05, 3.63) is 210 Å². The lowest BCUT2D eigenvalue weighted by Gasteiger charge is -2.36. The summed E-state index contributed by atoms with van der Waals surface area (Å²) in [5.41, 5.74) is 16.1. The van der Waals surface area contributed by atoms with Crippen molar-refractivity contribution in [3.8, 4) is 39.1 Å². The molecule has 0 fully saturated rings. The Morgan fingerprint density at radius 1 is 0.480 bits per heavy atom. The van der Waals surface area contributed by atoms with Crippen molar-refractivity contribution in [3.63, 3.8) is 0 Å². The molecule has 1 aromatic heterocycles. The average Bonchev–Trinajstić information content (AvgIpc) is 3.70. The first-order valence-electron chi connectivity index (χ1n) is 17.7. The quantitative estimate of drug-likeness (QED) is 0.177. The van der Waals surface area contributed by atoms with Gasteiger partial charge in [-0.1, -0.05) is 158 Å². The van der Waals surface area contributed by atoms with Crippen molar-refractivity contribution in [2.24, 2.45) is 0 Å². The Kier molecular flexibility index (Phi) is 6.60. The van der Waals surface area contributed by atoms with Gasteiger partial charge in [-0.15, -0.1) is 0 Å². The van der Waals surface area contributed by atoms with Crippen LogP contribution in [-0.4, -0.2) is 4.57 Å². The number of hydrogen-bond acceptors (Lipinski definition) is 0. The first-order chi connectivity index (χ1) is 24.8. The summed E-state index contributed by atoms with van der Waals surface area (Å²) in [5, 5.41) is 2.60. The van der Waals surface area contributed by atoms with E-state index in [4.69, 9.17) is 0 Å². The third kappa shape index (κ3) is 4.20. The van der Waals surface area contributed by atoms with Gasteiger partial charge in [-0.3, -0.25) is 0 Å². The van der Waals surface area contributed by atoms with Gasteiger partial charge in [-0.05, 0) is 98.8 Å². The second-order valence-corrected chi connectivity index (χ2v) is 13.5. The third-order valence-electron chi connectivity index (χ3n) is 10.9. The number of para-hydroxylation sites is 1. The largest absolute Gasteiger partial charge is 0.309 e. The smallest absolute Gasteiger partial charge is 0.0717 e. The van der Waals surface area contributed by atoms with E-state index in [0.29, 0.717) is 0 Å². The minimum absolute atomic E-state index is 0.445. The summed E-state index contributed by atoms with van der Waals surface area (Å²) in [4.78, 5) is 0. The van der Waals surface area contributed by atoms with Crippen molar-refractivity contribution in [2.45, 2.75) is 18.3 Å². The molecule has 0 aliphatic heterocycles. The van der Waals surface area contributed by atoms with Gasteiger partial charge in [0.25, 0.3) is 0 Å². The molecule has 0 bridgehead atoms. The SMILES string of the molecule is C1=CC(C2(c3ccccc3)c3ccccc3-c3ccc4c(c32)c2ccccc2n4-c2cc(-c3ccccc3)cc(-c3ccccc3)c2)=CCC1. The maximum Gasteiger partial charge on any atom is 0.0717 e. The van der Waals surface area contributed by atoms with Crippen LogP contribution < -0.4 is 0 Å². The Morgan fingerprint density at radius 3 is 1.82 bits per heavy atom. The van der Waals surface area contributed by atoms with Gasteiger partial charge in [0.05, 0.1) is 16.4 Å². The molecule has 7 aromatic carbocycles. The monoisotopic (exact) mass is 637 g/mol. The maximum absolute atomic E-state index is 2.51. The van der Waals surface area contributed by atoms with Crippen LogP contribution in [0.3, 0.4) is 0 Å². The van der Waals surface area contributed by atoms with E-state index in [1.165, 1.54) is 77.5 Å². The predicted octanol–water partition coefficient (Wildman–Crippen LogP) is 12.7. The maximum atomic E-state index is 2.51. The highest BCUT2D eigenvalue weighted by atomic mass is 15.0. The zero-order chi connectivity index (χ0) is 33.1. The molecule has 0 N–H and O–H groups in total. The number of allylic oxidation sites excluding steroid dienone is 4. The van der Waals surface area contributed by atoms with Gasteiger partial charge in [0.2, 0.25) is 0 Å². The number of benzene rings is 7. The number of nitrogens with zero attached hydrogens (tertiary/aromatic N) is 1. The zero-order valence-corrected chi connectivity index (χ0v) is 27.8. The zero-order valence-electron chi connectivity index (χ0n) is 27.8. The highest BCUT2D eigenvalue weighted by molar-refractivity contribution is 6.15. The standard InChI is InChI=1S/C49H35N/c1-5-17-34(18-6-1)36-31-37(35-19-7-2-8-20-35)33-40(32-36)50-45-28-16-14-26-43(45)47-46(50)30-29-42-41-25-13-15-27-44(41)49(48(42)47,38-21-9-3-10-22-38)39-23-11-4-12-24-39/h1-3,5-11,13-33H,4,12H2. The molecule has 2 aliphatic rings. The van der Waals surface area contributed by atoms with Gasteiger partial charge in [0.15, 0.2) is 0 Å². The van der Waals surface area contributed by atoms with Gasteiger partial charge in [0.1, 0.15) is 0 Å². The molecular weight excluding hydrogens is 603 g/mol. The summed E-state index contributed by atoms with van der Waals surface area (Å²) in [6, 6.07) is 62.7. The Morgan fingerprint density at radius 2 is 1.12 bits per heavy atom. The van der Waals surface area contributed by atoms with Gasteiger partial charge >= 0.3 is 0 Å². The molecule has 0 amide bonds. The molecule has 1 unspecified atom stereocenters. The van der Waals surface area contributed by atoms with E-state index >= 15 is 0 Å². The highest BCUT2D eigenvalue weighted by Gasteiger charge is 2.48. The lowest BCUT2D eigenvalue weighted by atomic mass is 9.65. The molecule has 236 valence electrons. The van der Waals surface area contributed by atoms with E-state index in [1.807, 2.05) is 0 Å². The molecule has 1 heterocycles. The second-order valence-electron chi connectivity index (χ2n) is 13.5. The first kappa shape index (κ1) is 28.8. The summed E-state index contributed by atoms with van der Waals surface area (Å²) in [6.07, 6.45) is 9.38. The van der Waals surface area contributed by atoms with Crippen molar-refractivity contribution >= 4 is 21.8 Å². The van der Waals surface area contributed by atoms with Gasteiger partial charge in [-0.2, -0.15) is 0 Å². The van der Waals surface area contributed by atoms with E-state index in [0.717, 1.165) is 18.5 Å². The van der Waals surface area contributed by atoms with Crippen LogP contribution in [0.4, 0.5) is 0 Å². The average molecular weight is 638 g/mol. The van der Waals surface area contributed by atoms with Gasteiger partial charge in [-0.25, -0.2) is 0 Å². The number of hydrogen-bond donors (Lipinski definition) is 0. The highest BCUT2D eigenvalue weighted by Crippen LogP contribution is 2.60. The van der Waals surface area contributed by atoms with Crippen LogP contribution in [0.25, 0.3) is 60.9 Å². The number of fused-ring (bicyclic) bond motifs is 7. The fourth-order valence-electron chi connectivity index (χ4n) is 8.81. The van der Waals surface area contributed by atoms with E-state index in [9.17, 15) is 0 Å². The Labute approximate surface area is 293 Å². The molecule has 0 saturated heterocycles. The topological polar surface area (TPSA) is 4.93 Å². The Bertz CT molecular complexity index is 2560. The van der Waals surface area contributed by atoms with Crippen molar-refractivity contribution in [1.82, 2.24) is 4.57 Å². The number of rotatable bonds is 5. The summed E-state index contributed by atoms with van der Waals surface area (Å²) >= 11 is 0. The molecule has 1 atom stereocenters. The molecule has 8 aromatic rings. The van der Waals surface area contributed by atoms with Crippen LogP contribution in [0.5, 0.6) is 0 Å². The van der Waals surface area contributed by atoms with Crippen LogP contribution in [0.15, 0.2) is 194 Å². The normalized spacial score (nSPS) is 16.4. The Balaban J connectivity index is 1.35. The lowest BCUT2D eigenvalue weighted by molar-refractivity contribution is 0.758. The van der Waals surface area contributed by atoms with Gasteiger partial charge in [0, 0.05) is 16.5 Å². The molecule has 50 heavy (non-hydrogen) atoms. The molecule has 1 heteroatoms. The van der Waals surface area contributed by atoms with Crippen LogP contribution in [0, 0.1) is 0 Å². The minimum Gasteiger partial charge on any atom is -0.309 e. The summed E-state index contributed by atoms with van der Waals surface area (Å²) in [5.74, 6) is 0. The fraction of sp³-hybridized carbons (Fsp3) is 0.0612. The molecule has 1 nitrogen and oxygen atoms in total. The predicted molar refractivity (Wildman–Crippen MR) is 210 cm³/mol. The molecule has 0 saturated carbocycles. The molecule has 0 spiro atoms. The van der Waals surface area contributed by atoms with Crippen molar-refractivity contribution in [2.75, 3.05) is 0 Å². The van der Waals surface area contributed by atoms with Crippen LogP contribution in [-0.2, 0) is 5.41 Å². The van der Waals surface area contributed by atoms with E-state index in [2.05, 4.69) is 193 Å². The lowest BCUT2D eigenvalue weighted by Crippen LogP contribution is -2.29. The van der Waals surface area contributed by atoms with E-state index in [1.54, 1.807) is 0 Å². The van der Waals surface area contributed by atoms with Crippen molar-refractivity contribution < 1.29 is 0 Å². The third-order valence-corrected chi connectivity index (χ3v) is 10.9. The minimum atomic E-state index is -0.445. The van der Waals surface area contributed by atoms with Gasteiger partial charge < -0.3 is 4.57 Å². The van der Waals surface area contributed by atoms with Crippen LogP contribution in [0.2, 0.25) is 0 Å². The van der Waals surface area contributed by atoms with E-state index in [-0.39, 0.29) is 0 Å². The van der Waals surface area contributed by atoms with Crippen LogP contribution >= 0.6 is 0 Å². The number of aromatic nitrogens is 1. The van der Waals surface area contributed by atoms with E-state index < -0.39 is 5.41 Å². The summed E-state index contributed by atoms with van der Waals surface area (Å²) in [7, 11) is 0. The first-order valence-corrected chi connectivity index (χ1v) is 17.7. The van der Waals surface area contributed by atoms with Crippen LogP contribution in [0.1, 0.15) is 29.5 Å².